The van der Waals surface area contributed by atoms with E-state index in [1.54, 1.807) is 4.68 Å². The zero-order chi connectivity index (χ0) is 18.3. The van der Waals surface area contributed by atoms with Gasteiger partial charge in [-0.25, -0.2) is 4.79 Å². The highest BCUT2D eigenvalue weighted by Gasteiger charge is 2.38. The first-order chi connectivity index (χ1) is 11.1. The second-order valence-corrected chi connectivity index (χ2v) is 4.63. The fourth-order valence-corrected chi connectivity index (χ4v) is 1.83. The van der Waals surface area contributed by atoms with Crippen molar-refractivity contribution in [2.45, 2.75) is 19.5 Å². The van der Waals surface area contributed by atoms with Gasteiger partial charge in [0.05, 0.1) is 13.0 Å². The van der Waals surface area contributed by atoms with Crippen LogP contribution < -0.4 is 4.68 Å². The molecule has 0 amide bonds. The molecule has 0 aliphatic heterocycles. The number of carbonyl (C=O) groups excluding carboxylic acids is 1. The summed E-state index contributed by atoms with van der Waals surface area (Å²) < 4.78 is 38.4. The predicted molar refractivity (Wildman–Crippen MR) is 76.9 cm³/mol. The Kier molecular flexibility index (Phi) is 6.63. The fraction of sp³-hybridized carbons (Fsp3) is 0.333. The second-order valence-electron chi connectivity index (χ2n) is 4.63. The smallest absolute Gasteiger partial charge is 0.475 e. The molecule has 1 heterocycles. The van der Waals surface area contributed by atoms with Crippen LogP contribution in [0.5, 0.6) is 0 Å². The lowest BCUT2D eigenvalue weighted by Gasteiger charge is -2.03. The van der Waals surface area contributed by atoms with Crippen molar-refractivity contribution in [3.8, 4) is 0 Å². The number of aryl methyl sites for hydroxylation is 1. The Balaban J connectivity index is 0.000000351. The van der Waals surface area contributed by atoms with Crippen LogP contribution in [0.1, 0.15) is 12.5 Å². The Hall–Kier alpha value is -2.71. The molecule has 0 aliphatic rings. The average molecular weight is 345 g/mol. The third kappa shape index (κ3) is 5.82. The summed E-state index contributed by atoms with van der Waals surface area (Å²) in [5, 5.41) is 12.5. The van der Waals surface area contributed by atoms with Gasteiger partial charge >= 0.3 is 18.1 Å². The van der Waals surface area contributed by atoms with Gasteiger partial charge in [-0.15, -0.1) is 0 Å². The molecule has 130 valence electrons. The minimum absolute atomic E-state index is 0.205. The minimum Gasteiger partial charge on any atom is -0.475 e. The summed E-state index contributed by atoms with van der Waals surface area (Å²) in [7, 11) is 1.85. The number of nitrogens with zero attached hydrogens (tertiary/aromatic N) is 2. The van der Waals surface area contributed by atoms with Crippen molar-refractivity contribution >= 4 is 22.8 Å². The summed E-state index contributed by atoms with van der Waals surface area (Å²) in [5.41, 5.74) is 1.83. The van der Waals surface area contributed by atoms with E-state index >= 15 is 0 Å². The molecular weight excluding hydrogens is 329 g/mol. The number of aliphatic carboxylic acids is 1. The van der Waals surface area contributed by atoms with Gasteiger partial charge in [-0.2, -0.15) is 13.2 Å². The lowest BCUT2D eigenvalue weighted by atomic mass is 10.1. The summed E-state index contributed by atoms with van der Waals surface area (Å²) in [6.45, 7) is 2.22. The standard InChI is InChI=1S/C13H15N2O2.C2HF3O2/c1-3-17-13(16)8-10-9-15(2)14-12-7-5-4-6-11(10)12;3-2(4,5)1(6)7/h4-7,9H,3,8H2,1-2H3;(H,6,7)/q+1;. The van der Waals surface area contributed by atoms with E-state index in [2.05, 4.69) is 5.10 Å². The van der Waals surface area contributed by atoms with E-state index in [1.165, 1.54) is 0 Å². The van der Waals surface area contributed by atoms with Gasteiger partial charge in [0, 0.05) is 10.9 Å². The largest absolute Gasteiger partial charge is 0.490 e. The summed E-state index contributed by atoms with van der Waals surface area (Å²) in [6.07, 6.45) is -2.94. The van der Waals surface area contributed by atoms with Crippen LogP contribution in [0.3, 0.4) is 0 Å². The molecule has 0 unspecified atom stereocenters. The number of halogens is 3. The molecule has 0 bridgehead atoms. The van der Waals surface area contributed by atoms with Crippen LogP contribution in [0.4, 0.5) is 13.2 Å². The van der Waals surface area contributed by atoms with Gasteiger partial charge < -0.3 is 9.84 Å². The number of fused-ring (bicyclic) bond motifs is 1. The van der Waals surface area contributed by atoms with Crippen LogP contribution in [0.2, 0.25) is 0 Å². The fourth-order valence-electron chi connectivity index (χ4n) is 1.83. The zero-order valence-electron chi connectivity index (χ0n) is 13.0. The number of aromatic nitrogens is 2. The number of benzene rings is 1. The Bertz CT molecular complexity index is 732. The van der Waals surface area contributed by atoms with Crippen molar-refractivity contribution < 1.29 is 37.3 Å². The topological polar surface area (TPSA) is 80.4 Å². The van der Waals surface area contributed by atoms with Gasteiger partial charge in [0.15, 0.2) is 13.2 Å². The van der Waals surface area contributed by atoms with E-state index in [1.807, 2.05) is 44.4 Å². The van der Waals surface area contributed by atoms with Gasteiger partial charge in [-0.05, 0) is 18.1 Å². The van der Waals surface area contributed by atoms with Crippen LogP contribution in [-0.4, -0.2) is 34.9 Å². The van der Waals surface area contributed by atoms with Crippen molar-refractivity contribution in [3.05, 3.63) is 36.0 Å². The average Bonchev–Trinajstić information content (AvgIpc) is 2.47. The molecule has 0 saturated carbocycles. The third-order valence-corrected chi connectivity index (χ3v) is 2.74. The zero-order valence-corrected chi connectivity index (χ0v) is 13.0. The van der Waals surface area contributed by atoms with Gasteiger partial charge in [-0.3, -0.25) is 4.79 Å². The van der Waals surface area contributed by atoms with Crippen LogP contribution in [0.15, 0.2) is 30.5 Å². The Morgan fingerprint density at radius 3 is 2.42 bits per heavy atom. The third-order valence-electron chi connectivity index (χ3n) is 2.74. The number of rotatable bonds is 3. The van der Waals surface area contributed by atoms with Crippen molar-refractivity contribution in [3.63, 3.8) is 0 Å². The van der Waals surface area contributed by atoms with Crippen molar-refractivity contribution in [2.75, 3.05) is 6.61 Å². The maximum atomic E-state index is 11.5. The molecule has 2 rings (SSSR count). The molecule has 0 aliphatic carbocycles. The molecule has 0 fully saturated rings. The highest BCUT2D eigenvalue weighted by atomic mass is 19.4. The lowest BCUT2D eigenvalue weighted by molar-refractivity contribution is -0.728. The van der Waals surface area contributed by atoms with E-state index in [9.17, 15) is 18.0 Å². The Labute approximate surface area is 135 Å². The summed E-state index contributed by atoms with van der Waals surface area (Å²) in [5.74, 6) is -2.96. The molecule has 9 heteroatoms. The van der Waals surface area contributed by atoms with Crippen molar-refractivity contribution in [1.29, 1.82) is 0 Å². The molecule has 2 aromatic rings. The molecular formula is C15H16F3N2O4+. The van der Waals surface area contributed by atoms with Crippen LogP contribution in [0, 0.1) is 0 Å². The monoisotopic (exact) mass is 345 g/mol. The number of hydrogen-bond acceptors (Lipinski definition) is 4. The Morgan fingerprint density at radius 1 is 1.29 bits per heavy atom. The maximum Gasteiger partial charge on any atom is 0.490 e. The first kappa shape index (κ1) is 19.3. The van der Waals surface area contributed by atoms with E-state index in [4.69, 9.17) is 14.6 Å². The van der Waals surface area contributed by atoms with Crippen LogP contribution in [-0.2, 0) is 27.8 Å². The number of esters is 1. The molecule has 1 aromatic heterocycles. The van der Waals surface area contributed by atoms with Crippen molar-refractivity contribution in [1.82, 2.24) is 5.10 Å². The number of carboxylic acid groups (broad SMARTS) is 1. The van der Waals surface area contributed by atoms with Gasteiger partial charge in [0.25, 0.3) is 0 Å². The Morgan fingerprint density at radius 2 is 1.88 bits per heavy atom. The molecule has 6 nitrogen and oxygen atoms in total. The summed E-state index contributed by atoms with van der Waals surface area (Å²) in [6, 6.07) is 7.78. The number of hydrogen-bond donors (Lipinski definition) is 1. The molecule has 0 spiro atoms. The second kappa shape index (κ2) is 8.23. The number of alkyl halides is 3. The van der Waals surface area contributed by atoms with E-state index in [0.717, 1.165) is 16.5 Å². The van der Waals surface area contributed by atoms with Gasteiger partial charge in [0.1, 0.15) is 5.52 Å². The lowest BCUT2D eigenvalue weighted by Crippen LogP contribution is -2.33. The van der Waals surface area contributed by atoms with Crippen molar-refractivity contribution in [2.24, 2.45) is 7.05 Å². The van der Waals surface area contributed by atoms with Crippen LogP contribution in [0.25, 0.3) is 10.9 Å². The molecule has 0 radical (unpaired) electrons. The molecule has 0 atom stereocenters. The first-order valence-corrected chi connectivity index (χ1v) is 6.85. The number of carboxylic acids is 1. The predicted octanol–water partition coefficient (Wildman–Crippen LogP) is 1.80. The van der Waals surface area contributed by atoms with E-state index < -0.39 is 12.1 Å². The molecule has 0 saturated heterocycles. The summed E-state index contributed by atoms with van der Waals surface area (Å²) >= 11 is 0. The van der Waals surface area contributed by atoms with E-state index in [0.29, 0.717) is 6.61 Å². The highest BCUT2D eigenvalue weighted by Crippen LogP contribution is 2.15. The van der Waals surface area contributed by atoms with Gasteiger partial charge in [0.2, 0.25) is 0 Å². The summed E-state index contributed by atoms with van der Waals surface area (Å²) in [4.78, 5) is 20.4. The minimum atomic E-state index is -5.08. The molecule has 1 aromatic carbocycles. The maximum absolute atomic E-state index is 11.5. The number of ether oxygens (including phenoxy) is 1. The highest BCUT2D eigenvalue weighted by molar-refractivity contribution is 5.85. The molecule has 24 heavy (non-hydrogen) atoms. The number of carbonyl (C=O) groups is 2. The SMILES string of the molecule is CCOC(=O)Cc1c[n+](C)nc2ccccc12.O=C(O)C(F)(F)F. The normalized spacial score (nSPS) is 10.7. The quantitative estimate of drug-likeness (QED) is 0.678. The molecule has 1 N–H and O–H groups in total. The van der Waals surface area contributed by atoms with Gasteiger partial charge in [-0.1, -0.05) is 22.9 Å². The first-order valence-electron chi connectivity index (χ1n) is 6.85. The van der Waals surface area contributed by atoms with Crippen LogP contribution >= 0.6 is 0 Å². The van der Waals surface area contributed by atoms with E-state index in [-0.39, 0.29) is 12.4 Å².